The highest BCUT2D eigenvalue weighted by Crippen LogP contribution is 2.24. The summed E-state index contributed by atoms with van der Waals surface area (Å²) in [5.74, 6) is -3.63. The molecule has 0 bridgehead atoms. The SMILES string of the molecule is O=C(N[C@@H]1CCCC[C@H]1O)c1cc(F)c(F)cc1[N+](=O)[O-]. The van der Waals surface area contributed by atoms with Gasteiger partial charge in [-0.3, -0.25) is 14.9 Å². The molecule has 1 saturated carbocycles. The Morgan fingerprint density at radius 2 is 1.90 bits per heavy atom. The predicted octanol–water partition coefficient (Wildman–Crippen LogP) is 1.91. The molecule has 1 aliphatic carbocycles. The van der Waals surface area contributed by atoms with Crippen molar-refractivity contribution in [3.05, 3.63) is 39.4 Å². The van der Waals surface area contributed by atoms with E-state index in [-0.39, 0.29) is 0 Å². The van der Waals surface area contributed by atoms with Crippen molar-refractivity contribution in [1.82, 2.24) is 5.32 Å². The largest absolute Gasteiger partial charge is 0.391 e. The van der Waals surface area contributed by atoms with E-state index in [1.165, 1.54) is 0 Å². The van der Waals surface area contributed by atoms with Crippen molar-refractivity contribution in [2.24, 2.45) is 0 Å². The molecular formula is C13H14F2N2O4. The Morgan fingerprint density at radius 3 is 2.52 bits per heavy atom. The first-order chi connectivity index (χ1) is 9.90. The molecule has 1 amide bonds. The van der Waals surface area contributed by atoms with Crippen LogP contribution in [0.2, 0.25) is 0 Å². The minimum Gasteiger partial charge on any atom is -0.391 e. The van der Waals surface area contributed by atoms with Gasteiger partial charge in [0.1, 0.15) is 5.56 Å². The van der Waals surface area contributed by atoms with E-state index in [1.54, 1.807) is 0 Å². The molecule has 0 aromatic heterocycles. The summed E-state index contributed by atoms with van der Waals surface area (Å²) >= 11 is 0. The van der Waals surface area contributed by atoms with E-state index in [9.17, 15) is 28.8 Å². The van der Waals surface area contributed by atoms with Crippen LogP contribution in [-0.4, -0.2) is 28.1 Å². The Kier molecular flexibility index (Phi) is 4.46. The van der Waals surface area contributed by atoms with Crippen molar-refractivity contribution in [3.8, 4) is 0 Å². The molecule has 0 unspecified atom stereocenters. The van der Waals surface area contributed by atoms with Crippen molar-refractivity contribution in [2.45, 2.75) is 37.8 Å². The van der Waals surface area contributed by atoms with Crippen molar-refractivity contribution in [2.75, 3.05) is 0 Å². The number of hydrogen-bond donors (Lipinski definition) is 2. The zero-order valence-electron chi connectivity index (χ0n) is 11.0. The van der Waals surface area contributed by atoms with Gasteiger partial charge in [-0.25, -0.2) is 8.78 Å². The number of nitro groups is 1. The Morgan fingerprint density at radius 1 is 1.29 bits per heavy atom. The van der Waals surface area contributed by atoms with Gasteiger partial charge in [0.15, 0.2) is 11.6 Å². The molecule has 0 heterocycles. The van der Waals surface area contributed by atoms with Crippen LogP contribution in [0.4, 0.5) is 14.5 Å². The van der Waals surface area contributed by atoms with Crippen LogP contribution in [0.25, 0.3) is 0 Å². The fourth-order valence-corrected chi connectivity index (χ4v) is 2.40. The summed E-state index contributed by atoms with van der Waals surface area (Å²) in [5.41, 5.74) is -1.37. The molecule has 0 aliphatic heterocycles. The van der Waals surface area contributed by atoms with Crippen LogP contribution in [0.1, 0.15) is 36.0 Å². The number of aliphatic hydroxyl groups excluding tert-OH is 1. The highest BCUT2D eigenvalue weighted by molar-refractivity contribution is 5.98. The van der Waals surface area contributed by atoms with Gasteiger partial charge in [0, 0.05) is 0 Å². The Balaban J connectivity index is 2.26. The lowest BCUT2D eigenvalue weighted by atomic mass is 9.92. The van der Waals surface area contributed by atoms with E-state index >= 15 is 0 Å². The van der Waals surface area contributed by atoms with Crippen molar-refractivity contribution in [3.63, 3.8) is 0 Å². The molecule has 1 aromatic carbocycles. The van der Waals surface area contributed by atoms with E-state index in [4.69, 9.17) is 0 Å². The zero-order valence-corrected chi connectivity index (χ0v) is 11.0. The van der Waals surface area contributed by atoms with Crippen LogP contribution >= 0.6 is 0 Å². The number of amides is 1. The molecule has 8 heteroatoms. The molecule has 1 fully saturated rings. The first-order valence-corrected chi connectivity index (χ1v) is 6.52. The van der Waals surface area contributed by atoms with Gasteiger partial charge in [-0.05, 0) is 18.9 Å². The highest BCUT2D eigenvalue weighted by atomic mass is 19.2. The van der Waals surface area contributed by atoms with Gasteiger partial charge in [0.2, 0.25) is 0 Å². The minimum absolute atomic E-state index is 0.377. The quantitative estimate of drug-likeness (QED) is 0.658. The number of nitro benzene ring substituents is 1. The smallest absolute Gasteiger partial charge is 0.285 e. The summed E-state index contributed by atoms with van der Waals surface area (Å²) in [6.07, 6.45) is 1.95. The molecule has 2 N–H and O–H groups in total. The van der Waals surface area contributed by atoms with Crippen LogP contribution in [0.3, 0.4) is 0 Å². The molecule has 0 radical (unpaired) electrons. The lowest BCUT2D eigenvalue weighted by Gasteiger charge is -2.28. The Labute approximate surface area is 118 Å². The average Bonchev–Trinajstić information content (AvgIpc) is 2.43. The molecule has 114 valence electrons. The van der Waals surface area contributed by atoms with Gasteiger partial charge in [-0.15, -0.1) is 0 Å². The molecule has 0 spiro atoms. The van der Waals surface area contributed by atoms with Gasteiger partial charge in [0.05, 0.1) is 23.1 Å². The van der Waals surface area contributed by atoms with Crippen molar-refractivity contribution < 1.29 is 23.6 Å². The van der Waals surface area contributed by atoms with Crippen LogP contribution in [-0.2, 0) is 0 Å². The van der Waals surface area contributed by atoms with E-state index in [2.05, 4.69) is 5.32 Å². The fraction of sp³-hybridized carbons (Fsp3) is 0.462. The Hall–Kier alpha value is -2.09. The van der Waals surface area contributed by atoms with Crippen LogP contribution < -0.4 is 5.32 Å². The molecule has 1 aliphatic rings. The summed E-state index contributed by atoms with van der Waals surface area (Å²) in [7, 11) is 0. The lowest BCUT2D eigenvalue weighted by Crippen LogP contribution is -2.45. The van der Waals surface area contributed by atoms with Crippen molar-refractivity contribution >= 4 is 11.6 Å². The highest BCUT2D eigenvalue weighted by Gasteiger charge is 2.29. The standard InChI is InChI=1S/C13H14F2N2O4/c14-8-5-7(11(17(20)21)6-9(8)15)13(19)16-10-3-1-2-4-12(10)18/h5-6,10,12,18H,1-4H2,(H,16,19)/t10-,12-/m1/s1. The molecule has 0 saturated heterocycles. The number of hydrogen-bond acceptors (Lipinski definition) is 4. The summed E-state index contributed by atoms with van der Waals surface area (Å²) < 4.78 is 26.3. The first-order valence-electron chi connectivity index (χ1n) is 6.52. The number of benzene rings is 1. The minimum atomic E-state index is -1.39. The van der Waals surface area contributed by atoms with Crippen LogP contribution in [0.15, 0.2) is 12.1 Å². The fourth-order valence-electron chi connectivity index (χ4n) is 2.40. The van der Waals surface area contributed by atoms with Gasteiger partial charge in [0.25, 0.3) is 11.6 Å². The van der Waals surface area contributed by atoms with E-state index < -0.39 is 45.9 Å². The van der Waals surface area contributed by atoms with Gasteiger partial charge in [-0.2, -0.15) is 0 Å². The molecule has 21 heavy (non-hydrogen) atoms. The van der Waals surface area contributed by atoms with Gasteiger partial charge >= 0.3 is 0 Å². The molecule has 1 aromatic rings. The van der Waals surface area contributed by atoms with Gasteiger partial charge < -0.3 is 10.4 Å². The first kappa shape index (κ1) is 15.3. The third-order valence-corrected chi connectivity index (χ3v) is 3.53. The van der Waals surface area contributed by atoms with E-state index in [1.807, 2.05) is 0 Å². The second-order valence-electron chi connectivity index (χ2n) is 4.97. The maximum Gasteiger partial charge on any atom is 0.285 e. The molecule has 6 nitrogen and oxygen atoms in total. The topological polar surface area (TPSA) is 92.5 Å². The predicted molar refractivity (Wildman–Crippen MR) is 68.7 cm³/mol. The van der Waals surface area contributed by atoms with E-state index in [0.717, 1.165) is 12.8 Å². The summed E-state index contributed by atoms with van der Waals surface area (Å²) in [6.45, 7) is 0. The zero-order chi connectivity index (χ0) is 15.6. The average molecular weight is 300 g/mol. The maximum atomic E-state index is 13.2. The molecular weight excluding hydrogens is 286 g/mol. The summed E-state index contributed by atoms with van der Waals surface area (Å²) in [6, 6.07) is 0.332. The molecule has 2 atom stereocenters. The number of halogens is 2. The van der Waals surface area contributed by atoms with E-state index in [0.29, 0.717) is 25.0 Å². The summed E-state index contributed by atoms with van der Waals surface area (Å²) in [5, 5.41) is 23.0. The number of nitrogens with one attached hydrogen (secondary N) is 1. The molecule has 2 rings (SSSR count). The number of carbonyl (C=O) groups excluding carboxylic acids is 1. The second-order valence-corrected chi connectivity index (χ2v) is 4.97. The second kappa shape index (κ2) is 6.13. The van der Waals surface area contributed by atoms with Crippen LogP contribution in [0, 0.1) is 21.7 Å². The summed E-state index contributed by atoms with van der Waals surface area (Å²) in [4.78, 5) is 21.9. The Bertz CT molecular complexity index is 580. The lowest BCUT2D eigenvalue weighted by molar-refractivity contribution is -0.385. The monoisotopic (exact) mass is 300 g/mol. The number of carbonyl (C=O) groups is 1. The normalized spacial score (nSPS) is 21.9. The number of nitrogens with zero attached hydrogens (tertiary/aromatic N) is 1. The third kappa shape index (κ3) is 3.33. The van der Waals surface area contributed by atoms with Crippen LogP contribution in [0.5, 0.6) is 0 Å². The maximum absolute atomic E-state index is 13.2. The number of aliphatic hydroxyl groups is 1. The van der Waals surface area contributed by atoms with Gasteiger partial charge in [-0.1, -0.05) is 12.8 Å². The van der Waals surface area contributed by atoms with Crippen molar-refractivity contribution in [1.29, 1.82) is 0 Å². The third-order valence-electron chi connectivity index (χ3n) is 3.53. The number of rotatable bonds is 3.